The molecule has 0 radical (unpaired) electrons. The fraction of sp³-hybridized carbons (Fsp3) is 0.350. The molecule has 0 bridgehead atoms. The minimum atomic E-state index is -0.0647. The summed E-state index contributed by atoms with van der Waals surface area (Å²) in [5, 5.41) is 3.64. The fourth-order valence-electron chi connectivity index (χ4n) is 3.03. The quantitative estimate of drug-likeness (QED) is 0.851. The van der Waals surface area contributed by atoms with Gasteiger partial charge in [-0.15, -0.1) is 0 Å². The molecule has 2 amide bonds. The lowest BCUT2D eigenvalue weighted by molar-refractivity contribution is 0.208. The maximum absolute atomic E-state index is 12.5. The number of nitrogens with one attached hydrogen (secondary N) is 1. The van der Waals surface area contributed by atoms with Crippen LogP contribution in [0.15, 0.2) is 36.4 Å². The van der Waals surface area contributed by atoms with Gasteiger partial charge in [-0.3, -0.25) is 0 Å². The van der Waals surface area contributed by atoms with Crippen LogP contribution in [0.3, 0.4) is 0 Å². The maximum Gasteiger partial charge on any atom is 0.321 e. The van der Waals surface area contributed by atoms with Gasteiger partial charge >= 0.3 is 6.03 Å². The molecule has 5 heteroatoms. The van der Waals surface area contributed by atoms with Crippen molar-refractivity contribution in [3.8, 4) is 0 Å². The second-order valence-electron chi connectivity index (χ2n) is 6.59. The molecule has 1 aliphatic rings. The lowest BCUT2D eigenvalue weighted by Crippen LogP contribution is -2.50. The Balaban J connectivity index is 1.60. The Labute approximate surface area is 154 Å². The van der Waals surface area contributed by atoms with Gasteiger partial charge in [-0.25, -0.2) is 4.79 Å². The van der Waals surface area contributed by atoms with Gasteiger partial charge in [-0.1, -0.05) is 23.7 Å². The number of carbonyl (C=O) groups excluding carboxylic acids is 1. The third kappa shape index (κ3) is 3.90. The SMILES string of the molecule is Cc1ccc(N2CCN(C(=O)Nc3cccc(Cl)c3C)CC2)cc1C. The highest BCUT2D eigenvalue weighted by Crippen LogP contribution is 2.24. The van der Waals surface area contributed by atoms with Crippen LogP contribution >= 0.6 is 11.6 Å². The van der Waals surface area contributed by atoms with Crippen molar-refractivity contribution in [2.24, 2.45) is 0 Å². The second kappa shape index (κ2) is 7.36. The summed E-state index contributed by atoms with van der Waals surface area (Å²) in [7, 11) is 0. The Morgan fingerprint density at radius 1 is 1.00 bits per heavy atom. The Hall–Kier alpha value is -2.20. The van der Waals surface area contributed by atoms with Gasteiger partial charge in [0.15, 0.2) is 0 Å². The normalized spacial score (nSPS) is 14.6. The van der Waals surface area contributed by atoms with Crippen molar-refractivity contribution >= 4 is 29.0 Å². The van der Waals surface area contributed by atoms with Crippen molar-refractivity contribution < 1.29 is 4.79 Å². The molecule has 0 aliphatic carbocycles. The molecule has 0 unspecified atom stereocenters. The summed E-state index contributed by atoms with van der Waals surface area (Å²) in [5.41, 5.74) is 5.50. The molecule has 1 fully saturated rings. The third-order valence-electron chi connectivity index (χ3n) is 4.93. The summed E-state index contributed by atoms with van der Waals surface area (Å²) in [4.78, 5) is 16.7. The summed E-state index contributed by atoms with van der Waals surface area (Å²) < 4.78 is 0. The number of nitrogens with zero attached hydrogens (tertiary/aromatic N) is 2. The number of aryl methyl sites for hydroxylation is 2. The van der Waals surface area contributed by atoms with E-state index in [9.17, 15) is 4.79 Å². The molecule has 0 aromatic heterocycles. The molecule has 2 aromatic carbocycles. The molecular formula is C20H24ClN3O. The molecule has 2 aromatic rings. The average molecular weight is 358 g/mol. The van der Waals surface area contributed by atoms with Crippen LogP contribution in [0.25, 0.3) is 0 Å². The average Bonchev–Trinajstić information content (AvgIpc) is 2.61. The smallest absolute Gasteiger partial charge is 0.321 e. The highest BCUT2D eigenvalue weighted by atomic mass is 35.5. The standard InChI is InChI=1S/C20H24ClN3O/c1-14-7-8-17(13-15(14)2)23-9-11-24(12-10-23)20(25)22-19-6-4-5-18(21)16(19)3/h4-8,13H,9-12H2,1-3H3,(H,22,25). The van der Waals surface area contributed by atoms with E-state index in [1.165, 1.54) is 16.8 Å². The van der Waals surface area contributed by atoms with Gasteiger partial charge < -0.3 is 15.1 Å². The van der Waals surface area contributed by atoms with E-state index in [2.05, 4.69) is 42.3 Å². The lowest BCUT2D eigenvalue weighted by Gasteiger charge is -2.36. The van der Waals surface area contributed by atoms with E-state index in [1.54, 1.807) is 0 Å². The van der Waals surface area contributed by atoms with E-state index in [-0.39, 0.29) is 6.03 Å². The van der Waals surface area contributed by atoms with Gasteiger partial charge in [0, 0.05) is 42.6 Å². The molecule has 25 heavy (non-hydrogen) atoms. The molecule has 3 rings (SSSR count). The highest BCUT2D eigenvalue weighted by molar-refractivity contribution is 6.31. The zero-order chi connectivity index (χ0) is 18.0. The zero-order valence-electron chi connectivity index (χ0n) is 15.0. The Morgan fingerprint density at radius 3 is 2.40 bits per heavy atom. The molecule has 4 nitrogen and oxygen atoms in total. The van der Waals surface area contributed by atoms with Crippen LogP contribution in [0.4, 0.5) is 16.2 Å². The molecule has 1 aliphatic heterocycles. The Morgan fingerprint density at radius 2 is 1.72 bits per heavy atom. The van der Waals surface area contributed by atoms with Crippen LogP contribution in [-0.4, -0.2) is 37.1 Å². The van der Waals surface area contributed by atoms with Crippen LogP contribution in [-0.2, 0) is 0 Å². The molecule has 0 atom stereocenters. The molecule has 0 spiro atoms. The largest absolute Gasteiger partial charge is 0.368 e. The minimum absolute atomic E-state index is 0.0647. The van der Waals surface area contributed by atoms with Crippen LogP contribution in [0, 0.1) is 20.8 Å². The van der Waals surface area contributed by atoms with Gasteiger partial charge in [0.25, 0.3) is 0 Å². The van der Waals surface area contributed by atoms with Crippen molar-refractivity contribution in [2.75, 3.05) is 36.4 Å². The summed E-state index contributed by atoms with van der Waals surface area (Å²) in [6.07, 6.45) is 0. The minimum Gasteiger partial charge on any atom is -0.368 e. The van der Waals surface area contributed by atoms with Crippen LogP contribution in [0.1, 0.15) is 16.7 Å². The van der Waals surface area contributed by atoms with Crippen LogP contribution in [0.5, 0.6) is 0 Å². The van der Waals surface area contributed by atoms with E-state index in [0.717, 1.165) is 24.3 Å². The van der Waals surface area contributed by atoms with Crippen LogP contribution < -0.4 is 10.2 Å². The second-order valence-corrected chi connectivity index (χ2v) is 6.99. The van der Waals surface area contributed by atoms with Gasteiger partial charge in [-0.2, -0.15) is 0 Å². The van der Waals surface area contributed by atoms with Gasteiger partial charge in [0.1, 0.15) is 0 Å². The van der Waals surface area contributed by atoms with E-state index < -0.39 is 0 Å². The number of rotatable bonds is 2. The Kier molecular flexibility index (Phi) is 5.19. The third-order valence-corrected chi connectivity index (χ3v) is 5.34. The zero-order valence-corrected chi connectivity index (χ0v) is 15.7. The maximum atomic E-state index is 12.5. The van der Waals surface area contributed by atoms with Gasteiger partial charge in [0.05, 0.1) is 0 Å². The summed E-state index contributed by atoms with van der Waals surface area (Å²) in [6.45, 7) is 9.26. The molecule has 1 saturated heterocycles. The lowest BCUT2D eigenvalue weighted by atomic mass is 10.1. The first kappa shape index (κ1) is 17.6. The monoisotopic (exact) mass is 357 g/mol. The van der Waals surface area contributed by atoms with Crippen molar-refractivity contribution in [3.63, 3.8) is 0 Å². The molecule has 132 valence electrons. The van der Waals surface area contributed by atoms with Crippen molar-refractivity contribution in [1.82, 2.24) is 4.90 Å². The summed E-state index contributed by atoms with van der Waals surface area (Å²) in [6, 6.07) is 12.0. The number of benzene rings is 2. The number of hydrogen-bond acceptors (Lipinski definition) is 2. The van der Waals surface area contributed by atoms with Crippen molar-refractivity contribution in [3.05, 3.63) is 58.1 Å². The molecule has 1 N–H and O–H groups in total. The first-order chi connectivity index (χ1) is 12.0. The van der Waals surface area contributed by atoms with E-state index in [4.69, 9.17) is 11.6 Å². The topological polar surface area (TPSA) is 35.6 Å². The summed E-state index contributed by atoms with van der Waals surface area (Å²) in [5.74, 6) is 0. The Bertz CT molecular complexity index is 783. The number of hydrogen-bond donors (Lipinski definition) is 1. The first-order valence-electron chi connectivity index (χ1n) is 8.59. The first-order valence-corrected chi connectivity index (χ1v) is 8.97. The molecule has 1 heterocycles. The number of carbonyl (C=O) groups is 1. The van der Waals surface area contributed by atoms with Crippen molar-refractivity contribution in [2.45, 2.75) is 20.8 Å². The van der Waals surface area contributed by atoms with E-state index in [0.29, 0.717) is 18.1 Å². The summed E-state index contributed by atoms with van der Waals surface area (Å²) >= 11 is 6.12. The predicted molar refractivity (Wildman–Crippen MR) is 105 cm³/mol. The predicted octanol–water partition coefficient (Wildman–Crippen LogP) is 4.62. The van der Waals surface area contributed by atoms with Crippen LogP contribution in [0.2, 0.25) is 5.02 Å². The van der Waals surface area contributed by atoms with E-state index >= 15 is 0 Å². The number of halogens is 1. The fourth-order valence-corrected chi connectivity index (χ4v) is 3.20. The molecular weight excluding hydrogens is 334 g/mol. The molecule has 0 saturated carbocycles. The number of anilines is 2. The number of urea groups is 1. The van der Waals surface area contributed by atoms with Crippen molar-refractivity contribution in [1.29, 1.82) is 0 Å². The van der Waals surface area contributed by atoms with E-state index in [1.807, 2.05) is 30.0 Å². The number of amides is 2. The van der Waals surface area contributed by atoms with Gasteiger partial charge in [-0.05, 0) is 61.7 Å². The number of piperazine rings is 1. The highest BCUT2D eigenvalue weighted by Gasteiger charge is 2.22. The van der Waals surface area contributed by atoms with Gasteiger partial charge in [0.2, 0.25) is 0 Å².